The second-order valence-corrected chi connectivity index (χ2v) is 7.32. The summed E-state index contributed by atoms with van der Waals surface area (Å²) in [6.07, 6.45) is 3.72. The van der Waals surface area contributed by atoms with Gasteiger partial charge in [-0.15, -0.1) is 0 Å². The van der Waals surface area contributed by atoms with Gasteiger partial charge in [-0.3, -0.25) is 4.79 Å². The highest BCUT2D eigenvalue weighted by Gasteiger charge is 2.24. The number of nitrogens with one attached hydrogen (secondary N) is 1. The van der Waals surface area contributed by atoms with Gasteiger partial charge in [0.15, 0.2) is 5.17 Å². The van der Waals surface area contributed by atoms with Gasteiger partial charge in [-0.25, -0.2) is 4.99 Å². The lowest BCUT2D eigenvalue weighted by Gasteiger charge is -1.96. The largest absolute Gasteiger partial charge is 0.333 e. The number of amidine groups is 1. The third kappa shape index (κ3) is 3.61. The summed E-state index contributed by atoms with van der Waals surface area (Å²) >= 11 is 7.26. The van der Waals surface area contributed by atoms with Crippen LogP contribution < -0.4 is 5.32 Å². The number of para-hydroxylation sites is 1. The summed E-state index contributed by atoms with van der Waals surface area (Å²) in [7, 11) is 0. The van der Waals surface area contributed by atoms with Crippen LogP contribution in [0.25, 0.3) is 17.0 Å². The summed E-state index contributed by atoms with van der Waals surface area (Å²) in [6.45, 7) is 0.254. The van der Waals surface area contributed by atoms with E-state index in [9.17, 15) is 4.79 Å². The zero-order valence-electron chi connectivity index (χ0n) is 14.0. The molecule has 1 N–H and O–H groups in total. The lowest BCUT2D eigenvalue weighted by molar-refractivity contribution is -0.115. The van der Waals surface area contributed by atoms with Crippen molar-refractivity contribution in [3.8, 4) is 6.07 Å². The molecule has 1 fully saturated rings. The number of nitrogens with zero attached hydrogens (tertiary/aromatic N) is 3. The summed E-state index contributed by atoms with van der Waals surface area (Å²) in [5, 5.41) is 13.9. The number of nitriles is 1. The summed E-state index contributed by atoms with van der Waals surface area (Å²) < 4.78 is 1.88. The van der Waals surface area contributed by atoms with Crippen molar-refractivity contribution in [1.29, 1.82) is 5.26 Å². The van der Waals surface area contributed by atoms with Crippen LogP contribution in [0.15, 0.2) is 64.6 Å². The molecule has 7 heteroatoms. The fraction of sp³-hybridized carbons (Fsp3) is 0.0500. The molecule has 3 aromatic rings. The van der Waals surface area contributed by atoms with E-state index in [1.807, 2.05) is 53.2 Å². The maximum Gasteiger partial charge on any atom is 0.264 e. The number of fused-ring (bicyclic) bond motifs is 1. The number of halogens is 1. The fourth-order valence-corrected chi connectivity index (χ4v) is 3.90. The van der Waals surface area contributed by atoms with Gasteiger partial charge in [-0.05, 0) is 42.1 Å². The highest BCUT2D eigenvalue weighted by molar-refractivity contribution is 8.18. The average Bonchev–Trinajstić information content (AvgIpc) is 3.17. The highest BCUT2D eigenvalue weighted by Crippen LogP contribution is 2.31. The van der Waals surface area contributed by atoms with Gasteiger partial charge in [0.1, 0.15) is 6.54 Å². The standard InChI is InChI=1S/C20H13ClN4OS/c21-14-4-3-5-15(11-14)23-20-24-19(26)18(27-20)10-13-12-25(9-8-22)17-7-2-1-6-16(13)17/h1-7,10-12H,9H2,(H,23,24,26)/b18-10-. The zero-order valence-corrected chi connectivity index (χ0v) is 15.6. The number of hydrogen-bond acceptors (Lipinski definition) is 4. The minimum absolute atomic E-state index is 0.196. The maximum absolute atomic E-state index is 12.3. The van der Waals surface area contributed by atoms with Crippen LogP contribution in [0.3, 0.4) is 0 Å². The van der Waals surface area contributed by atoms with Crippen molar-refractivity contribution in [2.24, 2.45) is 4.99 Å². The molecule has 0 spiro atoms. The molecule has 27 heavy (non-hydrogen) atoms. The summed E-state index contributed by atoms with van der Waals surface area (Å²) in [6, 6.07) is 17.1. The van der Waals surface area contributed by atoms with E-state index in [1.165, 1.54) is 11.8 Å². The van der Waals surface area contributed by atoms with Gasteiger partial charge in [-0.2, -0.15) is 5.26 Å². The number of benzene rings is 2. The Hall–Kier alpha value is -3.01. The minimum Gasteiger partial charge on any atom is -0.333 e. The Morgan fingerprint density at radius 2 is 2.11 bits per heavy atom. The third-order valence-corrected chi connectivity index (χ3v) is 5.18. The second kappa shape index (κ2) is 7.31. The first kappa shape index (κ1) is 17.4. The van der Waals surface area contributed by atoms with Crippen LogP contribution in [0.1, 0.15) is 5.56 Å². The molecular weight excluding hydrogens is 380 g/mol. The van der Waals surface area contributed by atoms with Gasteiger partial charge in [0.25, 0.3) is 5.91 Å². The quantitative estimate of drug-likeness (QED) is 0.656. The molecule has 0 unspecified atom stereocenters. The summed E-state index contributed by atoms with van der Waals surface area (Å²) in [5.41, 5.74) is 2.53. The van der Waals surface area contributed by atoms with Crippen LogP contribution in [-0.2, 0) is 11.3 Å². The first-order valence-corrected chi connectivity index (χ1v) is 9.33. The normalized spacial score (nSPS) is 16.8. The molecule has 4 rings (SSSR count). The van der Waals surface area contributed by atoms with Crippen molar-refractivity contribution in [1.82, 2.24) is 9.88 Å². The number of rotatable bonds is 3. The zero-order chi connectivity index (χ0) is 18.8. The molecule has 0 saturated carbocycles. The predicted octanol–water partition coefficient (Wildman–Crippen LogP) is 4.71. The molecule has 0 radical (unpaired) electrons. The highest BCUT2D eigenvalue weighted by atomic mass is 35.5. The molecule has 2 heterocycles. The van der Waals surface area contributed by atoms with Crippen molar-refractivity contribution in [3.63, 3.8) is 0 Å². The smallest absolute Gasteiger partial charge is 0.264 e. The molecule has 0 atom stereocenters. The number of carbonyl (C=O) groups excluding carboxylic acids is 1. The average molecular weight is 393 g/mol. The van der Waals surface area contributed by atoms with E-state index in [1.54, 1.807) is 12.1 Å². The van der Waals surface area contributed by atoms with E-state index in [-0.39, 0.29) is 12.5 Å². The topological polar surface area (TPSA) is 70.2 Å². The van der Waals surface area contributed by atoms with Crippen LogP contribution in [0.5, 0.6) is 0 Å². The second-order valence-electron chi connectivity index (χ2n) is 5.85. The van der Waals surface area contributed by atoms with Crippen molar-refractivity contribution in [2.75, 3.05) is 0 Å². The van der Waals surface area contributed by atoms with Crippen molar-refractivity contribution >= 4 is 57.1 Å². The molecule has 132 valence electrons. The number of aromatic nitrogens is 1. The van der Waals surface area contributed by atoms with E-state index < -0.39 is 0 Å². The molecule has 1 aliphatic heterocycles. The van der Waals surface area contributed by atoms with E-state index in [2.05, 4.69) is 16.4 Å². The Bertz CT molecular complexity index is 1160. The molecule has 0 aliphatic carbocycles. The van der Waals surface area contributed by atoms with E-state index in [0.29, 0.717) is 20.8 Å². The maximum atomic E-state index is 12.3. The lowest BCUT2D eigenvalue weighted by atomic mass is 10.1. The SMILES string of the molecule is N#CCn1cc(/C=C2\SC(=Nc3cccc(Cl)c3)NC2=O)c2ccccc21. The molecular formula is C20H13ClN4OS. The molecule has 1 aliphatic rings. The van der Waals surface area contributed by atoms with Gasteiger partial charge in [0, 0.05) is 27.7 Å². The van der Waals surface area contributed by atoms with Gasteiger partial charge in [0.2, 0.25) is 0 Å². The molecule has 1 saturated heterocycles. The Morgan fingerprint density at radius 3 is 2.93 bits per heavy atom. The number of amides is 1. The van der Waals surface area contributed by atoms with Gasteiger partial charge < -0.3 is 9.88 Å². The molecule has 1 aromatic heterocycles. The summed E-state index contributed by atoms with van der Waals surface area (Å²) in [5.74, 6) is -0.196. The van der Waals surface area contributed by atoms with Gasteiger partial charge in [0.05, 0.1) is 16.7 Å². The number of thioether (sulfide) groups is 1. The van der Waals surface area contributed by atoms with Crippen LogP contribution >= 0.6 is 23.4 Å². The number of carbonyl (C=O) groups is 1. The Morgan fingerprint density at radius 1 is 1.26 bits per heavy atom. The molecule has 1 amide bonds. The first-order chi connectivity index (χ1) is 13.1. The van der Waals surface area contributed by atoms with E-state index in [0.717, 1.165) is 16.5 Å². The van der Waals surface area contributed by atoms with Crippen LogP contribution in [0.4, 0.5) is 5.69 Å². The molecule has 0 bridgehead atoms. The molecule has 2 aromatic carbocycles. The van der Waals surface area contributed by atoms with E-state index in [4.69, 9.17) is 16.9 Å². The number of aliphatic imine (C=N–C) groups is 1. The number of hydrogen-bond donors (Lipinski definition) is 1. The Labute approximate surface area is 165 Å². The minimum atomic E-state index is -0.196. The van der Waals surface area contributed by atoms with Crippen molar-refractivity contribution in [2.45, 2.75) is 6.54 Å². The van der Waals surface area contributed by atoms with Gasteiger partial charge >= 0.3 is 0 Å². The first-order valence-electron chi connectivity index (χ1n) is 8.14. The molecule has 5 nitrogen and oxygen atoms in total. The predicted molar refractivity (Wildman–Crippen MR) is 110 cm³/mol. The van der Waals surface area contributed by atoms with Crippen LogP contribution in [0.2, 0.25) is 5.02 Å². The van der Waals surface area contributed by atoms with E-state index >= 15 is 0 Å². The van der Waals surface area contributed by atoms with Crippen LogP contribution in [0, 0.1) is 11.3 Å². The Kier molecular flexibility index (Phi) is 4.71. The summed E-state index contributed by atoms with van der Waals surface area (Å²) in [4.78, 5) is 17.3. The van der Waals surface area contributed by atoms with Crippen molar-refractivity contribution < 1.29 is 4.79 Å². The van der Waals surface area contributed by atoms with Gasteiger partial charge in [-0.1, -0.05) is 35.9 Å². The van der Waals surface area contributed by atoms with Crippen LogP contribution in [-0.4, -0.2) is 15.6 Å². The van der Waals surface area contributed by atoms with Crippen molar-refractivity contribution in [3.05, 3.63) is 70.2 Å². The fourth-order valence-electron chi connectivity index (χ4n) is 2.88. The monoisotopic (exact) mass is 392 g/mol. The third-order valence-electron chi connectivity index (χ3n) is 4.04. The lowest BCUT2D eigenvalue weighted by Crippen LogP contribution is -2.19. The Balaban J connectivity index is 1.68.